The average molecular weight is 219 g/mol. The summed E-state index contributed by atoms with van der Waals surface area (Å²) in [6.45, 7) is 0. The molecule has 2 aliphatic carbocycles. The van der Waals surface area contributed by atoms with E-state index in [-0.39, 0.29) is 23.5 Å². The van der Waals surface area contributed by atoms with E-state index in [4.69, 9.17) is 0 Å². The first-order valence-electron chi connectivity index (χ1n) is 5.78. The molecular formula is C11H13N3O2. The molecule has 5 nitrogen and oxygen atoms in total. The Morgan fingerprint density at radius 2 is 1.44 bits per heavy atom. The fraction of sp³-hybridized carbons (Fsp3) is 0.636. The van der Waals surface area contributed by atoms with Gasteiger partial charge >= 0.3 is 11.4 Å². The Balaban J connectivity index is 2.10. The summed E-state index contributed by atoms with van der Waals surface area (Å²) in [4.78, 5) is 23.9. The third-order valence-electron chi connectivity index (χ3n) is 4.53. The highest BCUT2D eigenvalue weighted by atomic mass is 16.2. The lowest BCUT2D eigenvalue weighted by molar-refractivity contribution is 0.0154. The van der Waals surface area contributed by atoms with Crippen LogP contribution in [0.25, 0.3) is 0 Å². The topological polar surface area (TPSA) is 48.9 Å². The summed E-state index contributed by atoms with van der Waals surface area (Å²) in [5.74, 6) is 1.16. The molecule has 0 amide bonds. The maximum absolute atomic E-state index is 12.0. The van der Waals surface area contributed by atoms with E-state index in [1.807, 2.05) is 0 Å². The van der Waals surface area contributed by atoms with Crippen LogP contribution in [-0.4, -0.2) is 13.9 Å². The van der Waals surface area contributed by atoms with Crippen molar-refractivity contribution < 1.29 is 0 Å². The van der Waals surface area contributed by atoms with Crippen LogP contribution < -0.4 is 11.4 Å². The Morgan fingerprint density at radius 3 is 1.81 bits per heavy atom. The number of aromatic nitrogens is 3. The molecular weight excluding hydrogens is 206 g/mol. The van der Waals surface area contributed by atoms with Gasteiger partial charge in [0.15, 0.2) is 0 Å². The molecule has 0 N–H and O–H groups in total. The van der Waals surface area contributed by atoms with Gasteiger partial charge in [-0.25, -0.2) is 23.5 Å². The fourth-order valence-electron chi connectivity index (χ4n) is 3.55. The molecule has 4 atom stereocenters. The zero-order valence-corrected chi connectivity index (χ0v) is 9.04. The molecule has 1 saturated carbocycles. The molecule has 2 bridgehead atoms. The first kappa shape index (κ1) is 8.61. The molecule has 1 aromatic heterocycles. The molecule has 0 aromatic carbocycles. The number of hydrogen-bond donors (Lipinski definition) is 0. The number of allylic oxidation sites excluding steroid dienone is 2. The van der Waals surface area contributed by atoms with Crippen molar-refractivity contribution in [3.05, 3.63) is 33.1 Å². The maximum Gasteiger partial charge on any atom is 0.347 e. The lowest BCUT2D eigenvalue weighted by Gasteiger charge is -2.52. The highest BCUT2D eigenvalue weighted by molar-refractivity contribution is 5.17. The summed E-state index contributed by atoms with van der Waals surface area (Å²) in [6.07, 6.45) is 6.58. The van der Waals surface area contributed by atoms with Gasteiger partial charge in [-0.2, -0.15) is 0 Å². The predicted molar refractivity (Wildman–Crippen MR) is 57.4 cm³/mol. The number of nitrogens with zero attached hydrogens (tertiary/aromatic N) is 3. The third kappa shape index (κ3) is 0.700. The molecule has 5 heteroatoms. The van der Waals surface area contributed by atoms with E-state index in [0.717, 1.165) is 0 Å². The van der Waals surface area contributed by atoms with Crippen molar-refractivity contribution in [1.29, 1.82) is 0 Å². The fourth-order valence-corrected chi connectivity index (χ4v) is 3.55. The van der Waals surface area contributed by atoms with E-state index in [2.05, 4.69) is 12.2 Å². The summed E-state index contributed by atoms with van der Waals surface area (Å²) in [5, 5.41) is 0. The lowest BCUT2D eigenvalue weighted by atomic mass is 9.62. The highest BCUT2D eigenvalue weighted by Crippen LogP contribution is 2.53. The quantitative estimate of drug-likeness (QED) is 0.578. The summed E-state index contributed by atoms with van der Waals surface area (Å²) in [6, 6.07) is 0.232. The van der Waals surface area contributed by atoms with E-state index >= 15 is 0 Å². The van der Waals surface area contributed by atoms with Gasteiger partial charge in [-0.15, -0.1) is 0 Å². The molecule has 5 rings (SSSR count). The zero-order chi connectivity index (χ0) is 11.0. The van der Waals surface area contributed by atoms with Crippen LogP contribution >= 0.6 is 0 Å². The standard InChI is InChI=1S/C11H13N3O2/c1-12-10(15)13-8-4-5-9(14(13)11(12)16)7-3-2-6(7)8/h4-9H,2-3H2,1H3/t6-,7+,8-,9-/m0/s1. The zero-order valence-electron chi connectivity index (χ0n) is 9.04. The van der Waals surface area contributed by atoms with Gasteiger partial charge in [0.1, 0.15) is 0 Å². The van der Waals surface area contributed by atoms with Crippen molar-refractivity contribution in [2.24, 2.45) is 18.9 Å². The van der Waals surface area contributed by atoms with Crippen molar-refractivity contribution in [2.75, 3.05) is 0 Å². The largest absolute Gasteiger partial charge is 0.347 e. The van der Waals surface area contributed by atoms with Crippen molar-refractivity contribution in [3.63, 3.8) is 0 Å². The molecule has 0 spiro atoms. The van der Waals surface area contributed by atoms with Gasteiger partial charge in [0.2, 0.25) is 0 Å². The first-order chi connectivity index (χ1) is 7.70. The van der Waals surface area contributed by atoms with Crippen LogP contribution in [-0.2, 0) is 7.05 Å². The van der Waals surface area contributed by atoms with Crippen molar-refractivity contribution in [1.82, 2.24) is 13.9 Å². The molecule has 1 aromatic rings. The van der Waals surface area contributed by atoms with Crippen molar-refractivity contribution in [2.45, 2.75) is 24.9 Å². The van der Waals surface area contributed by atoms with E-state index in [9.17, 15) is 9.59 Å². The Labute approximate surface area is 91.6 Å². The van der Waals surface area contributed by atoms with Gasteiger partial charge in [-0.1, -0.05) is 12.2 Å². The summed E-state index contributed by atoms with van der Waals surface area (Å²) < 4.78 is 4.54. The van der Waals surface area contributed by atoms with Crippen LogP contribution in [0.4, 0.5) is 0 Å². The van der Waals surface area contributed by atoms with Gasteiger partial charge in [-0.3, -0.25) is 0 Å². The Hall–Kier alpha value is -1.52. The summed E-state index contributed by atoms with van der Waals surface area (Å²) in [7, 11) is 1.56. The van der Waals surface area contributed by atoms with Crippen molar-refractivity contribution >= 4 is 0 Å². The Kier molecular flexibility index (Phi) is 1.30. The molecule has 4 aliphatic rings. The van der Waals surface area contributed by atoms with Gasteiger partial charge in [0.05, 0.1) is 12.1 Å². The second kappa shape index (κ2) is 2.42. The highest BCUT2D eigenvalue weighted by Gasteiger charge is 2.50. The van der Waals surface area contributed by atoms with Crippen LogP contribution in [0.15, 0.2) is 21.7 Å². The summed E-state index contributed by atoms with van der Waals surface area (Å²) in [5.41, 5.74) is -0.343. The van der Waals surface area contributed by atoms with Gasteiger partial charge in [-0.05, 0) is 24.7 Å². The van der Waals surface area contributed by atoms with Crippen LogP contribution in [0.3, 0.4) is 0 Å². The van der Waals surface area contributed by atoms with E-state index < -0.39 is 0 Å². The normalized spacial score (nSPS) is 38.1. The Bertz CT molecular complexity index is 567. The SMILES string of the molecule is Cn1c(=O)n2n(c1=O)[C@H]1C=C[C@H]2[C@@H]2CC[C@@H]21. The average Bonchev–Trinajstić information content (AvgIpc) is 2.45. The molecule has 0 saturated heterocycles. The molecule has 0 unspecified atom stereocenters. The third-order valence-corrected chi connectivity index (χ3v) is 4.53. The number of rotatable bonds is 0. The molecule has 1 fully saturated rings. The van der Waals surface area contributed by atoms with Gasteiger partial charge < -0.3 is 0 Å². The van der Waals surface area contributed by atoms with Crippen LogP contribution in [0.5, 0.6) is 0 Å². The molecule has 16 heavy (non-hydrogen) atoms. The molecule has 84 valence electrons. The van der Waals surface area contributed by atoms with Crippen LogP contribution in [0, 0.1) is 11.8 Å². The minimum absolute atomic E-state index is 0.116. The lowest BCUT2D eigenvalue weighted by Crippen LogP contribution is -2.52. The monoisotopic (exact) mass is 219 g/mol. The minimum atomic E-state index is -0.172. The molecule has 3 heterocycles. The van der Waals surface area contributed by atoms with E-state index in [1.165, 1.54) is 17.4 Å². The minimum Gasteiger partial charge on any atom is -0.246 e. The van der Waals surface area contributed by atoms with E-state index in [1.54, 1.807) is 16.4 Å². The first-order valence-corrected chi connectivity index (χ1v) is 5.78. The smallest absolute Gasteiger partial charge is 0.246 e. The second-order valence-electron chi connectivity index (χ2n) is 5.08. The molecule has 2 aliphatic heterocycles. The van der Waals surface area contributed by atoms with Crippen LogP contribution in [0.2, 0.25) is 0 Å². The summed E-state index contributed by atoms with van der Waals surface area (Å²) >= 11 is 0. The second-order valence-corrected chi connectivity index (χ2v) is 5.08. The van der Waals surface area contributed by atoms with Crippen molar-refractivity contribution in [3.8, 4) is 0 Å². The van der Waals surface area contributed by atoms with Gasteiger partial charge in [0, 0.05) is 7.05 Å². The van der Waals surface area contributed by atoms with Crippen LogP contribution in [0.1, 0.15) is 24.9 Å². The maximum atomic E-state index is 12.0. The van der Waals surface area contributed by atoms with Gasteiger partial charge in [0.25, 0.3) is 0 Å². The number of hydrogen-bond acceptors (Lipinski definition) is 2. The predicted octanol–water partition coefficient (Wildman–Crippen LogP) is 0.0403. The Morgan fingerprint density at radius 1 is 1.00 bits per heavy atom. The van der Waals surface area contributed by atoms with E-state index in [0.29, 0.717) is 11.8 Å². The molecule has 0 radical (unpaired) electrons.